The number of aliphatic hydroxyl groups is 1. The van der Waals surface area contributed by atoms with Gasteiger partial charge in [-0.1, -0.05) is 25.2 Å². The van der Waals surface area contributed by atoms with Crippen LogP contribution in [-0.4, -0.2) is 11.2 Å². The first-order valence-electron chi connectivity index (χ1n) is 4.54. The van der Waals surface area contributed by atoms with Gasteiger partial charge in [0.1, 0.15) is 0 Å². The van der Waals surface area contributed by atoms with E-state index < -0.39 is 0 Å². The normalized spacial score (nSPS) is 36.0. The van der Waals surface area contributed by atoms with E-state index in [4.69, 9.17) is 0 Å². The van der Waals surface area contributed by atoms with Crippen LogP contribution in [0.3, 0.4) is 0 Å². The molecule has 0 aromatic carbocycles. The van der Waals surface area contributed by atoms with Crippen molar-refractivity contribution in [1.82, 2.24) is 0 Å². The summed E-state index contributed by atoms with van der Waals surface area (Å²) >= 11 is 0. The fraction of sp³-hybridized carbons (Fsp3) is 0.636. The standard InChI is InChI=1S/C11H18O/c1-7(2)10-6-5-8(3)11(12)9(10)4/h5,9-12H,1,6H2,2-4H3/t9-,10-,11-/m0/s1. The second-order valence-corrected chi connectivity index (χ2v) is 3.94. The van der Waals surface area contributed by atoms with Gasteiger partial charge in [-0.25, -0.2) is 0 Å². The maximum Gasteiger partial charge on any atom is 0.0778 e. The molecule has 0 heterocycles. The van der Waals surface area contributed by atoms with E-state index >= 15 is 0 Å². The van der Waals surface area contributed by atoms with E-state index in [-0.39, 0.29) is 6.10 Å². The third kappa shape index (κ3) is 1.61. The van der Waals surface area contributed by atoms with Crippen LogP contribution in [-0.2, 0) is 0 Å². The molecule has 1 heteroatoms. The Hall–Kier alpha value is -0.560. The molecule has 0 saturated carbocycles. The predicted molar refractivity (Wildman–Crippen MR) is 51.8 cm³/mol. The Balaban J connectivity index is 2.80. The molecule has 1 rings (SSSR count). The lowest BCUT2D eigenvalue weighted by atomic mass is 9.76. The van der Waals surface area contributed by atoms with E-state index in [9.17, 15) is 5.11 Å². The number of allylic oxidation sites excluding steroid dienone is 2. The Labute approximate surface area is 74.8 Å². The highest BCUT2D eigenvalue weighted by Crippen LogP contribution is 2.33. The summed E-state index contributed by atoms with van der Waals surface area (Å²) in [6, 6.07) is 0. The Morgan fingerprint density at radius 1 is 1.67 bits per heavy atom. The zero-order valence-electron chi connectivity index (χ0n) is 8.17. The van der Waals surface area contributed by atoms with Gasteiger partial charge < -0.3 is 5.11 Å². The van der Waals surface area contributed by atoms with Crippen LogP contribution < -0.4 is 0 Å². The molecule has 1 aliphatic rings. The first-order valence-corrected chi connectivity index (χ1v) is 4.54. The topological polar surface area (TPSA) is 20.2 Å². The van der Waals surface area contributed by atoms with Crippen molar-refractivity contribution < 1.29 is 5.11 Å². The van der Waals surface area contributed by atoms with Crippen LogP contribution in [0.4, 0.5) is 0 Å². The molecule has 12 heavy (non-hydrogen) atoms. The first-order chi connectivity index (χ1) is 5.54. The minimum Gasteiger partial charge on any atom is -0.388 e. The molecule has 1 N–H and O–H groups in total. The molecule has 1 nitrogen and oxygen atoms in total. The largest absolute Gasteiger partial charge is 0.388 e. The molecule has 0 unspecified atom stereocenters. The smallest absolute Gasteiger partial charge is 0.0778 e. The summed E-state index contributed by atoms with van der Waals surface area (Å²) in [6.45, 7) is 10.1. The van der Waals surface area contributed by atoms with Crippen molar-refractivity contribution in [3.8, 4) is 0 Å². The fourth-order valence-electron chi connectivity index (χ4n) is 1.93. The first kappa shape index (κ1) is 9.53. The summed E-state index contributed by atoms with van der Waals surface area (Å²) < 4.78 is 0. The fourth-order valence-corrected chi connectivity index (χ4v) is 1.93. The maximum atomic E-state index is 9.76. The van der Waals surface area contributed by atoms with Gasteiger partial charge >= 0.3 is 0 Å². The number of rotatable bonds is 1. The lowest BCUT2D eigenvalue weighted by molar-refractivity contribution is 0.114. The molecule has 68 valence electrons. The number of hydrogen-bond donors (Lipinski definition) is 1. The molecule has 0 fully saturated rings. The Bertz CT molecular complexity index is 215. The van der Waals surface area contributed by atoms with Crippen molar-refractivity contribution in [1.29, 1.82) is 0 Å². The van der Waals surface area contributed by atoms with E-state index in [2.05, 4.69) is 19.6 Å². The zero-order valence-corrected chi connectivity index (χ0v) is 8.17. The van der Waals surface area contributed by atoms with Gasteiger partial charge in [0.25, 0.3) is 0 Å². The summed E-state index contributed by atoms with van der Waals surface area (Å²) in [6.07, 6.45) is 2.91. The van der Waals surface area contributed by atoms with Crippen LogP contribution in [0, 0.1) is 11.8 Å². The molecule has 0 aromatic heterocycles. The maximum absolute atomic E-state index is 9.76. The van der Waals surface area contributed by atoms with Crippen molar-refractivity contribution in [3.05, 3.63) is 23.8 Å². The summed E-state index contributed by atoms with van der Waals surface area (Å²) in [5.74, 6) is 0.788. The Kier molecular flexibility index (Phi) is 2.73. The second kappa shape index (κ2) is 3.44. The average molecular weight is 166 g/mol. The van der Waals surface area contributed by atoms with Gasteiger partial charge in [-0.15, -0.1) is 0 Å². The average Bonchev–Trinajstić information content (AvgIpc) is 2.00. The minimum absolute atomic E-state index is 0.263. The monoisotopic (exact) mass is 166 g/mol. The van der Waals surface area contributed by atoms with E-state index in [1.165, 1.54) is 5.57 Å². The van der Waals surface area contributed by atoms with Crippen molar-refractivity contribution in [3.63, 3.8) is 0 Å². The third-order valence-electron chi connectivity index (χ3n) is 2.93. The van der Waals surface area contributed by atoms with Crippen molar-refractivity contribution in [2.45, 2.75) is 33.3 Å². The number of aliphatic hydroxyl groups excluding tert-OH is 1. The molecule has 0 radical (unpaired) electrons. The van der Waals surface area contributed by atoms with Gasteiger partial charge in [0.2, 0.25) is 0 Å². The second-order valence-electron chi connectivity index (χ2n) is 3.94. The molecule has 0 saturated heterocycles. The summed E-state index contributed by atoms with van der Waals surface area (Å²) in [7, 11) is 0. The summed E-state index contributed by atoms with van der Waals surface area (Å²) in [5, 5.41) is 9.76. The molecular formula is C11H18O. The van der Waals surface area contributed by atoms with Crippen LogP contribution in [0.15, 0.2) is 23.8 Å². The SMILES string of the molecule is C=C(C)[C@@H]1CC=C(C)[C@H](O)[C@H]1C. The van der Waals surface area contributed by atoms with Crippen LogP contribution in [0.2, 0.25) is 0 Å². The van der Waals surface area contributed by atoms with Gasteiger partial charge in [-0.2, -0.15) is 0 Å². The third-order valence-corrected chi connectivity index (χ3v) is 2.93. The van der Waals surface area contributed by atoms with Gasteiger partial charge in [0.05, 0.1) is 6.10 Å². The van der Waals surface area contributed by atoms with Gasteiger partial charge in [-0.3, -0.25) is 0 Å². The molecule has 0 amide bonds. The van der Waals surface area contributed by atoms with E-state index in [1.54, 1.807) is 0 Å². The van der Waals surface area contributed by atoms with Crippen LogP contribution in [0.1, 0.15) is 27.2 Å². The lowest BCUT2D eigenvalue weighted by Gasteiger charge is -2.32. The summed E-state index contributed by atoms with van der Waals surface area (Å²) in [4.78, 5) is 0. The van der Waals surface area contributed by atoms with Gasteiger partial charge in [-0.05, 0) is 37.7 Å². The van der Waals surface area contributed by atoms with Crippen molar-refractivity contribution in [2.24, 2.45) is 11.8 Å². The van der Waals surface area contributed by atoms with Crippen molar-refractivity contribution >= 4 is 0 Å². The predicted octanol–water partition coefficient (Wildman–Crippen LogP) is 2.53. The molecule has 0 aliphatic heterocycles. The van der Waals surface area contributed by atoms with E-state index in [1.807, 2.05) is 13.8 Å². The molecule has 0 spiro atoms. The minimum atomic E-state index is -0.263. The summed E-state index contributed by atoms with van der Waals surface area (Å²) in [5.41, 5.74) is 2.30. The number of hydrogen-bond acceptors (Lipinski definition) is 1. The molecule has 1 aliphatic carbocycles. The van der Waals surface area contributed by atoms with Crippen LogP contribution in [0.25, 0.3) is 0 Å². The van der Waals surface area contributed by atoms with Gasteiger partial charge in [0, 0.05) is 0 Å². The molecule has 3 atom stereocenters. The van der Waals surface area contributed by atoms with Crippen LogP contribution >= 0.6 is 0 Å². The highest BCUT2D eigenvalue weighted by Gasteiger charge is 2.28. The van der Waals surface area contributed by atoms with Crippen LogP contribution in [0.5, 0.6) is 0 Å². The van der Waals surface area contributed by atoms with E-state index in [0.717, 1.165) is 12.0 Å². The highest BCUT2D eigenvalue weighted by molar-refractivity contribution is 5.16. The molecule has 0 bridgehead atoms. The van der Waals surface area contributed by atoms with E-state index in [0.29, 0.717) is 11.8 Å². The molecule has 0 aromatic rings. The highest BCUT2D eigenvalue weighted by atomic mass is 16.3. The Morgan fingerprint density at radius 2 is 2.25 bits per heavy atom. The quantitative estimate of drug-likeness (QED) is 0.593. The molecular weight excluding hydrogens is 148 g/mol. The van der Waals surface area contributed by atoms with Gasteiger partial charge in [0.15, 0.2) is 0 Å². The lowest BCUT2D eigenvalue weighted by Crippen LogP contribution is -2.30. The zero-order chi connectivity index (χ0) is 9.30. The van der Waals surface area contributed by atoms with Crippen molar-refractivity contribution in [2.75, 3.05) is 0 Å². The Morgan fingerprint density at radius 3 is 2.75 bits per heavy atom.